The number of methoxy groups -OCH3 is 3. The van der Waals surface area contributed by atoms with E-state index in [9.17, 15) is 9.59 Å². The molecule has 0 heterocycles. The molecule has 6 heteroatoms. The molecule has 2 aromatic rings. The van der Waals surface area contributed by atoms with Crippen molar-refractivity contribution in [1.82, 2.24) is 0 Å². The Morgan fingerprint density at radius 1 is 0.885 bits per heavy atom. The highest BCUT2D eigenvalue weighted by atomic mass is 16.5. The van der Waals surface area contributed by atoms with Crippen molar-refractivity contribution >= 4 is 18.0 Å². The molecule has 0 bridgehead atoms. The SMILES string of the molecule is COC(=O)Cc1ccc(OC(=O)/C=C/c2cc(OC)cc(OC)c2)cc1. The van der Waals surface area contributed by atoms with E-state index in [1.807, 2.05) is 0 Å². The van der Waals surface area contributed by atoms with Gasteiger partial charge in [0.05, 0.1) is 27.8 Å². The Balaban J connectivity index is 2.00. The quantitative estimate of drug-likeness (QED) is 0.431. The number of hydrogen-bond acceptors (Lipinski definition) is 6. The van der Waals surface area contributed by atoms with Gasteiger partial charge in [0.2, 0.25) is 0 Å². The topological polar surface area (TPSA) is 71.1 Å². The van der Waals surface area contributed by atoms with Crippen LogP contribution in [0.4, 0.5) is 0 Å². The van der Waals surface area contributed by atoms with E-state index in [4.69, 9.17) is 14.2 Å². The maximum Gasteiger partial charge on any atom is 0.336 e. The van der Waals surface area contributed by atoms with Crippen LogP contribution in [0.1, 0.15) is 11.1 Å². The van der Waals surface area contributed by atoms with Gasteiger partial charge in [-0.2, -0.15) is 0 Å². The first-order valence-corrected chi connectivity index (χ1v) is 7.82. The second kappa shape index (κ2) is 9.27. The van der Waals surface area contributed by atoms with Gasteiger partial charge in [-0.25, -0.2) is 4.79 Å². The third-order valence-electron chi connectivity index (χ3n) is 3.50. The fraction of sp³-hybridized carbons (Fsp3) is 0.200. The summed E-state index contributed by atoms with van der Waals surface area (Å²) in [6.07, 6.45) is 3.10. The van der Waals surface area contributed by atoms with Crippen molar-refractivity contribution in [3.05, 3.63) is 59.7 Å². The van der Waals surface area contributed by atoms with Gasteiger partial charge < -0.3 is 18.9 Å². The highest BCUT2D eigenvalue weighted by molar-refractivity contribution is 5.88. The Morgan fingerprint density at radius 3 is 2.04 bits per heavy atom. The molecule has 0 fully saturated rings. The first kappa shape index (κ1) is 19.1. The molecule has 0 aliphatic rings. The van der Waals surface area contributed by atoms with Gasteiger partial charge in [-0.15, -0.1) is 0 Å². The van der Waals surface area contributed by atoms with E-state index in [1.165, 1.54) is 13.2 Å². The van der Waals surface area contributed by atoms with Crippen molar-refractivity contribution in [2.45, 2.75) is 6.42 Å². The van der Waals surface area contributed by atoms with Gasteiger partial charge in [0.15, 0.2) is 0 Å². The highest BCUT2D eigenvalue weighted by Gasteiger charge is 2.05. The molecule has 0 aliphatic carbocycles. The monoisotopic (exact) mass is 356 g/mol. The second-order valence-electron chi connectivity index (χ2n) is 5.30. The molecular weight excluding hydrogens is 336 g/mol. The maximum absolute atomic E-state index is 12.0. The van der Waals surface area contributed by atoms with E-state index in [2.05, 4.69) is 4.74 Å². The summed E-state index contributed by atoms with van der Waals surface area (Å²) < 4.78 is 20.2. The van der Waals surface area contributed by atoms with Crippen molar-refractivity contribution in [1.29, 1.82) is 0 Å². The Kier molecular flexibility index (Phi) is 6.79. The molecule has 0 aliphatic heterocycles. The lowest BCUT2D eigenvalue weighted by Gasteiger charge is -2.06. The molecule has 0 unspecified atom stereocenters. The van der Waals surface area contributed by atoms with Crippen LogP contribution in [0, 0.1) is 0 Å². The van der Waals surface area contributed by atoms with Crippen molar-refractivity contribution in [2.24, 2.45) is 0 Å². The number of carbonyl (C=O) groups excluding carboxylic acids is 2. The molecule has 2 aromatic carbocycles. The van der Waals surface area contributed by atoms with Gasteiger partial charge in [0, 0.05) is 12.1 Å². The van der Waals surface area contributed by atoms with Crippen LogP contribution in [-0.4, -0.2) is 33.3 Å². The molecule has 0 amide bonds. The molecule has 0 saturated heterocycles. The molecular formula is C20H20O6. The summed E-state index contributed by atoms with van der Waals surface area (Å²) in [5, 5.41) is 0. The van der Waals surface area contributed by atoms with E-state index in [-0.39, 0.29) is 12.4 Å². The van der Waals surface area contributed by atoms with E-state index < -0.39 is 5.97 Å². The molecule has 0 N–H and O–H groups in total. The standard InChI is InChI=1S/C20H20O6/c1-23-17-10-15(11-18(13-17)24-2)6-9-19(21)26-16-7-4-14(5-8-16)12-20(22)25-3/h4-11,13H,12H2,1-3H3/b9-6+. The molecule has 0 radical (unpaired) electrons. The van der Waals surface area contributed by atoms with Crippen LogP contribution in [0.5, 0.6) is 17.2 Å². The summed E-state index contributed by atoms with van der Waals surface area (Å²) in [5.41, 5.74) is 1.52. The fourth-order valence-electron chi connectivity index (χ4n) is 2.15. The summed E-state index contributed by atoms with van der Waals surface area (Å²) >= 11 is 0. The van der Waals surface area contributed by atoms with E-state index in [0.717, 1.165) is 11.1 Å². The van der Waals surface area contributed by atoms with Gasteiger partial charge in [0.1, 0.15) is 17.2 Å². The third-order valence-corrected chi connectivity index (χ3v) is 3.50. The number of ether oxygens (including phenoxy) is 4. The summed E-state index contributed by atoms with van der Waals surface area (Å²) in [5.74, 6) is 0.785. The Morgan fingerprint density at radius 2 is 1.50 bits per heavy atom. The first-order chi connectivity index (χ1) is 12.5. The zero-order valence-corrected chi connectivity index (χ0v) is 14.9. The lowest BCUT2D eigenvalue weighted by molar-refractivity contribution is -0.139. The summed E-state index contributed by atoms with van der Waals surface area (Å²) in [6, 6.07) is 11.9. The molecule has 0 atom stereocenters. The average molecular weight is 356 g/mol. The Labute approximate surface area is 151 Å². The Bertz CT molecular complexity index is 770. The van der Waals surface area contributed by atoms with Gasteiger partial charge in [-0.1, -0.05) is 12.1 Å². The Hall–Kier alpha value is -3.28. The third kappa shape index (κ3) is 5.66. The van der Waals surface area contributed by atoms with Gasteiger partial charge >= 0.3 is 11.9 Å². The minimum Gasteiger partial charge on any atom is -0.497 e. The van der Waals surface area contributed by atoms with Crippen LogP contribution in [0.15, 0.2) is 48.5 Å². The van der Waals surface area contributed by atoms with Crippen LogP contribution >= 0.6 is 0 Å². The number of hydrogen-bond donors (Lipinski definition) is 0. The van der Waals surface area contributed by atoms with E-state index in [1.54, 1.807) is 62.8 Å². The molecule has 136 valence electrons. The number of esters is 2. The first-order valence-electron chi connectivity index (χ1n) is 7.82. The van der Waals surface area contributed by atoms with Crippen LogP contribution < -0.4 is 14.2 Å². The molecule has 0 saturated carbocycles. The predicted molar refractivity (Wildman–Crippen MR) is 96.4 cm³/mol. The van der Waals surface area contributed by atoms with Crippen molar-refractivity contribution in [3.8, 4) is 17.2 Å². The number of benzene rings is 2. The minimum absolute atomic E-state index is 0.169. The smallest absolute Gasteiger partial charge is 0.336 e. The normalized spacial score (nSPS) is 10.4. The van der Waals surface area contributed by atoms with Crippen LogP contribution in [0.3, 0.4) is 0 Å². The molecule has 26 heavy (non-hydrogen) atoms. The zero-order chi connectivity index (χ0) is 18.9. The summed E-state index contributed by atoms with van der Waals surface area (Å²) in [4.78, 5) is 23.2. The highest BCUT2D eigenvalue weighted by Crippen LogP contribution is 2.23. The lowest BCUT2D eigenvalue weighted by Crippen LogP contribution is -2.05. The minimum atomic E-state index is -0.521. The van der Waals surface area contributed by atoms with Crippen molar-refractivity contribution < 1.29 is 28.5 Å². The van der Waals surface area contributed by atoms with Crippen LogP contribution in [-0.2, 0) is 20.7 Å². The zero-order valence-electron chi connectivity index (χ0n) is 14.9. The number of carbonyl (C=O) groups is 2. The molecule has 2 rings (SSSR count). The van der Waals surface area contributed by atoms with E-state index in [0.29, 0.717) is 17.2 Å². The average Bonchev–Trinajstić information content (AvgIpc) is 2.67. The second-order valence-corrected chi connectivity index (χ2v) is 5.30. The maximum atomic E-state index is 12.0. The largest absolute Gasteiger partial charge is 0.497 e. The summed E-state index contributed by atoms with van der Waals surface area (Å²) in [7, 11) is 4.45. The van der Waals surface area contributed by atoms with Gasteiger partial charge in [0.25, 0.3) is 0 Å². The molecule has 6 nitrogen and oxygen atoms in total. The van der Waals surface area contributed by atoms with Crippen molar-refractivity contribution in [2.75, 3.05) is 21.3 Å². The molecule has 0 aromatic heterocycles. The van der Waals surface area contributed by atoms with Gasteiger partial charge in [-0.3, -0.25) is 4.79 Å². The van der Waals surface area contributed by atoms with Crippen molar-refractivity contribution in [3.63, 3.8) is 0 Å². The number of rotatable bonds is 7. The van der Waals surface area contributed by atoms with E-state index >= 15 is 0 Å². The molecule has 0 spiro atoms. The lowest BCUT2D eigenvalue weighted by atomic mass is 10.1. The van der Waals surface area contributed by atoms with Gasteiger partial charge in [-0.05, 0) is 41.5 Å². The summed E-state index contributed by atoms with van der Waals surface area (Å²) in [6.45, 7) is 0. The predicted octanol–water partition coefficient (Wildman–Crippen LogP) is 3.04. The van der Waals surface area contributed by atoms with Crippen LogP contribution in [0.2, 0.25) is 0 Å². The fourth-order valence-corrected chi connectivity index (χ4v) is 2.15. The van der Waals surface area contributed by atoms with Crippen LogP contribution in [0.25, 0.3) is 6.08 Å².